The predicted octanol–water partition coefficient (Wildman–Crippen LogP) is 1.76. The third kappa shape index (κ3) is 5.64. The lowest BCUT2D eigenvalue weighted by Crippen LogP contribution is -2.38. The molecule has 2 N–H and O–H groups in total. The molecule has 0 fully saturated rings. The molecule has 0 spiro atoms. The lowest BCUT2D eigenvalue weighted by atomic mass is 10.2. The third-order valence-electron chi connectivity index (χ3n) is 2.60. The smallest absolute Gasteiger partial charge is 0.355 e. The Morgan fingerprint density at radius 1 is 1.27 bits per heavy atom. The second-order valence-electron chi connectivity index (χ2n) is 5.05. The molecular formula is C13H17F3N2O3S. The van der Waals surface area contributed by atoms with Crippen LogP contribution in [0.5, 0.6) is 0 Å². The van der Waals surface area contributed by atoms with Gasteiger partial charge in [-0.15, -0.1) is 0 Å². The van der Waals surface area contributed by atoms with Crippen LogP contribution in [-0.4, -0.2) is 27.4 Å². The normalized spacial score (nSPS) is 12.5. The second-order valence-corrected chi connectivity index (χ2v) is 6.82. The van der Waals surface area contributed by atoms with Crippen LogP contribution in [0, 0.1) is 5.92 Å². The number of carbonyl (C=O) groups is 1. The van der Waals surface area contributed by atoms with Gasteiger partial charge < -0.3 is 5.32 Å². The molecular weight excluding hydrogens is 321 g/mol. The first kappa shape index (κ1) is 18.4. The number of rotatable bonds is 6. The van der Waals surface area contributed by atoms with Gasteiger partial charge in [0.1, 0.15) is 0 Å². The molecule has 0 bridgehead atoms. The maximum atomic E-state index is 12.6. The maximum Gasteiger partial charge on any atom is 0.416 e. The molecule has 0 aliphatic carbocycles. The summed E-state index contributed by atoms with van der Waals surface area (Å²) in [6.07, 6.45) is -4.64. The zero-order valence-electron chi connectivity index (χ0n) is 12.1. The van der Waals surface area contributed by atoms with Gasteiger partial charge in [0.05, 0.1) is 17.0 Å². The van der Waals surface area contributed by atoms with Crippen molar-refractivity contribution in [2.75, 3.05) is 13.1 Å². The molecule has 1 aromatic rings. The van der Waals surface area contributed by atoms with Gasteiger partial charge in [0.15, 0.2) is 0 Å². The van der Waals surface area contributed by atoms with Crippen LogP contribution in [0.1, 0.15) is 19.4 Å². The van der Waals surface area contributed by atoms with Gasteiger partial charge in [0.25, 0.3) is 0 Å². The number of sulfonamides is 1. The summed E-state index contributed by atoms with van der Waals surface area (Å²) in [5.74, 6) is -0.353. The summed E-state index contributed by atoms with van der Waals surface area (Å²) in [5.41, 5.74) is -1.07. The van der Waals surface area contributed by atoms with Crippen molar-refractivity contribution in [3.8, 4) is 0 Å². The van der Waals surface area contributed by atoms with Crippen LogP contribution in [0.3, 0.4) is 0 Å². The Balaban J connectivity index is 2.77. The van der Waals surface area contributed by atoms with E-state index in [-0.39, 0.29) is 5.92 Å². The Morgan fingerprint density at radius 2 is 1.91 bits per heavy atom. The van der Waals surface area contributed by atoms with Gasteiger partial charge in [0.2, 0.25) is 15.9 Å². The van der Waals surface area contributed by atoms with Gasteiger partial charge in [0, 0.05) is 6.54 Å². The summed E-state index contributed by atoms with van der Waals surface area (Å²) in [4.78, 5) is 10.9. The largest absolute Gasteiger partial charge is 0.416 e. The quantitative estimate of drug-likeness (QED) is 0.830. The van der Waals surface area contributed by atoms with Crippen LogP contribution in [-0.2, 0) is 21.0 Å². The average Bonchev–Trinajstić information content (AvgIpc) is 2.42. The highest BCUT2D eigenvalue weighted by atomic mass is 32.2. The van der Waals surface area contributed by atoms with Gasteiger partial charge in [-0.25, -0.2) is 13.1 Å². The minimum atomic E-state index is -4.64. The molecule has 124 valence electrons. The molecule has 22 heavy (non-hydrogen) atoms. The van der Waals surface area contributed by atoms with Crippen LogP contribution >= 0.6 is 0 Å². The monoisotopic (exact) mass is 338 g/mol. The first-order chi connectivity index (χ1) is 10.0. The molecule has 1 aromatic carbocycles. The number of hydrogen-bond acceptors (Lipinski definition) is 3. The van der Waals surface area contributed by atoms with Crippen molar-refractivity contribution in [3.63, 3.8) is 0 Å². The van der Waals surface area contributed by atoms with E-state index >= 15 is 0 Å². The van der Waals surface area contributed by atoms with E-state index in [1.165, 1.54) is 0 Å². The molecule has 1 amide bonds. The number of amides is 1. The van der Waals surface area contributed by atoms with E-state index in [1.807, 2.05) is 18.6 Å². The van der Waals surface area contributed by atoms with E-state index in [4.69, 9.17) is 0 Å². The minimum absolute atomic E-state index is 0.198. The lowest BCUT2D eigenvalue weighted by molar-refractivity contribution is -0.137. The standard InChI is InChI=1S/C13H17F3N2O3S/c1-9(2)7-17-12(19)8-18-22(20,21)11-5-3-4-10(6-11)13(14,15)16/h3-6,9,18H,7-8H2,1-2H3,(H,17,19). The molecule has 0 radical (unpaired) electrons. The Morgan fingerprint density at radius 3 is 2.45 bits per heavy atom. The van der Waals surface area contributed by atoms with Gasteiger partial charge in [-0.1, -0.05) is 19.9 Å². The number of carbonyl (C=O) groups excluding carboxylic acids is 1. The first-order valence-corrected chi connectivity index (χ1v) is 7.94. The summed E-state index contributed by atoms with van der Waals surface area (Å²) in [5, 5.41) is 2.50. The van der Waals surface area contributed by atoms with Gasteiger partial charge in [-0.2, -0.15) is 13.2 Å². The molecule has 0 heterocycles. The third-order valence-corrected chi connectivity index (χ3v) is 4.00. The molecule has 0 saturated carbocycles. The zero-order valence-corrected chi connectivity index (χ0v) is 12.9. The number of hydrogen-bond donors (Lipinski definition) is 2. The second kappa shape index (κ2) is 7.10. The number of halogens is 3. The van der Waals surface area contributed by atoms with E-state index in [0.717, 1.165) is 18.2 Å². The fourth-order valence-corrected chi connectivity index (χ4v) is 2.49. The van der Waals surface area contributed by atoms with Gasteiger partial charge in [-0.05, 0) is 24.1 Å². The van der Waals surface area contributed by atoms with E-state index in [1.54, 1.807) is 0 Å². The topological polar surface area (TPSA) is 75.3 Å². The first-order valence-electron chi connectivity index (χ1n) is 6.46. The van der Waals surface area contributed by atoms with Crippen molar-refractivity contribution in [2.45, 2.75) is 24.9 Å². The van der Waals surface area contributed by atoms with Crippen LogP contribution in [0.25, 0.3) is 0 Å². The highest BCUT2D eigenvalue weighted by Gasteiger charge is 2.31. The van der Waals surface area contributed by atoms with Crippen molar-refractivity contribution >= 4 is 15.9 Å². The summed E-state index contributed by atoms with van der Waals surface area (Å²) in [7, 11) is -4.19. The summed E-state index contributed by atoms with van der Waals surface area (Å²) < 4.78 is 63.5. The highest BCUT2D eigenvalue weighted by Crippen LogP contribution is 2.30. The zero-order chi connectivity index (χ0) is 17.0. The van der Waals surface area contributed by atoms with Crippen LogP contribution in [0.4, 0.5) is 13.2 Å². The Kier molecular flexibility index (Phi) is 5.95. The fourth-order valence-electron chi connectivity index (χ4n) is 1.46. The fraction of sp³-hybridized carbons (Fsp3) is 0.462. The van der Waals surface area contributed by atoms with E-state index < -0.39 is 39.1 Å². The Hall–Kier alpha value is -1.61. The molecule has 9 heteroatoms. The summed E-state index contributed by atoms with van der Waals surface area (Å²) >= 11 is 0. The number of alkyl halides is 3. The minimum Gasteiger partial charge on any atom is -0.355 e. The average molecular weight is 338 g/mol. The van der Waals surface area contributed by atoms with Gasteiger partial charge in [-0.3, -0.25) is 4.79 Å². The molecule has 1 rings (SSSR count). The summed E-state index contributed by atoms with van der Waals surface area (Å²) in [6, 6.07) is 3.32. The maximum absolute atomic E-state index is 12.6. The van der Waals surface area contributed by atoms with E-state index in [9.17, 15) is 26.4 Å². The molecule has 0 aliphatic rings. The summed E-state index contributed by atoms with van der Waals surface area (Å²) in [6.45, 7) is 3.58. The molecule has 0 aromatic heterocycles. The molecule has 0 aliphatic heterocycles. The Bertz CT molecular complexity index is 628. The van der Waals surface area contributed by atoms with E-state index in [2.05, 4.69) is 5.32 Å². The van der Waals surface area contributed by atoms with Crippen molar-refractivity contribution in [1.29, 1.82) is 0 Å². The van der Waals surface area contributed by atoms with Crippen molar-refractivity contribution in [1.82, 2.24) is 10.0 Å². The Labute approximate surface area is 127 Å². The molecule has 0 atom stereocenters. The van der Waals surface area contributed by atoms with Gasteiger partial charge >= 0.3 is 6.18 Å². The molecule has 0 saturated heterocycles. The van der Waals surface area contributed by atoms with Crippen molar-refractivity contribution in [3.05, 3.63) is 29.8 Å². The lowest BCUT2D eigenvalue weighted by Gasteiger charge is -2.11. The highest BCUT2D eigenvalue weighted by molar-refractivity contribution is 7.89. The van der Waals surface area contributed by atoms with Crippen molar-refractivity contribution < 1.29 is 26.4 Å². The SMILES string of the molecule is CC(C)CNC(=O)CNS(=O)(=O)c1cccc(C(F)(F)F)c1. The van der Waals surface area contributed by atoms with Crippen LogP contribution < -0.4 is 10.0 Å². The number of benzene rings is 1. The molecule has 0 unspecified atom stereocenters. The number of nitrogens with one attached hydrogen (secondary N) is 2. The van der Waals surface area contributed by atoms with Crippen molar-refractivity contribution in [2.24, 2.45) is 5.92 Å². The van der Waals surface area contributed by atoms with E-state index in [0.29, 0.717) is 12.6 Å². The van der Waals surface area contributed by atoms with Crippen LogP contribution in [0.15, 0.2) is 29.2 Å². The molecule has 5 nitrogen and oxygen atoms in total. The predicted molar refractivity (Wildman–Crippen MR) is 74.5 cm³/mol. The van der Waals surface area contributed by atoms with Crippen LogP contribution in [0.2, 0.25) is 0 Å².